The summed E-state index contributed by atoms with van der Waals surface area (Å²) in [6.07, 6.45) is 6.46. The van der Waals surface area contributed by atoms with E-state index in [1.165, 1.54) is 43.2 Å². The third-order valence-corrected chi connectivity index (χ3v) is 5.14. The van der Waals surface area contributed by atoms with Crippen molar-refractivity contribution in [3.63, 3.8) is 0 Å². The monoisotopic (exact) mass is 300 g/mol. The first kappa shape index (κ1) is 14.1. The first-order valence-electron chi connectivity index (χ1n) is 7.30. The molecular weight excluding hydrogens is 280 g/mol. The Morgan fingerprint density at radius 1 is 0.600 bits per heavy atom. The fourth-order valence-electron chi connectivity index (χ4n) is 3.46. The molecule has 20 heavy (non-hydrogen) atoms. The van der Waals surface area contributed by atoms with E-state index in [1.54, 1.807) is 0 Å². The molecule has 0 bridgehead atoms. The zero-order valence-electron chi connectivity index (χ0n) is 11.5. The maximum Gasteiger partial charge on any atom is 0.0203 e. The van der Waals surface area contributed by atoms with Gasteiger partial charge in [-0.25, -0.2) is 0 Å². The quantitative estimate of drug-likeness (QED) is 0.671. The van der Waals surface area contributed by atoms with E-state index in [0.29, 0.717) is 0 Å². The third-order valence-electron chi connectivity index (χ3n) is 4.55. The number of thiol groups is 2. The van der Waals surface area contributed by atoms with Gasteiger partial charge in [-0.2, -0.15) is 0 Å². The van der Waals surface area contributed by atoms with Crippen molar-refractivity contribution in [2.45, 2.75) is 47.3 Å². The minimum absolute atomic E-state index is 0.182. The smallest absolute Gasteiger partial charge is 0.0203 e. The fourth-order valence-corrected chi connectivity index (χ4v) is 3.76. The lowest BCUT2D eigenvalue weighted by Crippen LogP contribution is -2.30. The van der Waals surface area contributed by atoms with Gasteiger partial charge < -0.3 is 0 Å². The van der Waals surface area contributed by atoms with Crippen molar-refractivity contribution in [1.29, 1.82) is 0 Å². The molecule has 0 aliphatic heterocycles. The van der Waals surface area contributed by atoms with Gasteiger partial charge in [-0.1, -0.05) is 43.5 Å². The average molecular weight is 300 g/mol. The van der Waals surface area contributed by atoms with Gasteiger partial charge in [0, 0.05) is 15.2 Å². The standard InChI is InChI=1S/C18H20S2/c19-16-8-4-14(5-9-16)18(12-2-1-3-13-18)15-6-10-17(20)11-7-15/h4-11,19-20H,1-3,12-13H2. The van der Waals surface area contributed by atoms with Crippen LogP contribution in [-0.2, 0) is 5.41 Å². The Kier molecular flexibility index (Phi) is 4.13. The minimum Gasteiger partial charge on any atom is -0.143 e. The summed E-state index contributed by atoms with van der Waals surface area (Å²) in [6, 6.07) is 17.5. The van der Waals surface area contributed by atoms with Gasteiger partial charge in [-0.3, -0.25) is 0 Å². The van der Waals surface area contributed by atoms with Gasteiger partial charge in [-0.15, -0.1) is 25.3 Å². The van der Waals surface area contributed by atoms with Crippen LogP contribution in [0.3, 0.4) is 0 Å². The maximum absolute atomic E-state index is 4.41. The van der Waals surface area contributed by atoms with E-state index in [4.69, 9.17) is 0 Å². The summed E-state index contributed by atoms with van der Waals surface area (Å²) in [5.74, 6) is 0. The Bertz CT molecular complexity index is 516. The molecule has 0 heterocycles. The Morgan fingerprint density at radius 3 is 1.40 bits per heavy atom. The highest BCUT2D eigenvalue weighted by Crippen LogP contribution is 2.45. The van der Waals surface area contributed by atoms with Crippen LogP contribution in [0.5, 0.6) is 0 Å². The van der Waals surface area contributed by atoms with E-state index >= 15 is 0 Å². The van der Waals surface area contributed by atoms with Gasteiger partial charge in [0.25, 0.3) is 0 Å². The summed E-state index contributed by atoms with van der Waals surface area (Å²) >= 11 is 8.83. The molecule has 3 rings (SSSR count). The van der Waals surface area contributed by atoms with Crippen LogP contribution >= 0.6 is 25.3 Å². The number of benzene rings is 2. The summed E-state index contributed by atoms with van der Waals surface area (Å²) in [6.45, 7) is 0. The van der Waals surface area contributed by atoms with Crippen molar-refractivity contribution in [1.82, 2.24) is 0 Å². The molecule has 1 fully saturated rings. The minimum atomic E-state index is 0.182. The van der Waals surface area contributed by atoms with Gasteiger partial charge in [0.1, 0.15) is 0 Å². The maximum atomic E-state index is 4.41. The highest BCUT2D eigenvalue weighted by molar-refractivity contribution is 7.80. The van der Waals surface area contributed by atoms with Crippen molar-refractivity contribution in [2.75, 3.05) is 0 Å². The predicted molar refractivity (Wildman–Crippen MR) is 91.3 cm³/mol. The number of hydrogen-bond donors (Lipinski definition) is 2. The molecule has 2 aromatic carbocycles. The molecule has 1 aliphatic carbocycles. The summed E-state index contributed by atoms with van der Waals surface area (Å²) in [5, 5.41) is 0. The van der Waals surface area contributed by atoms with E-state index in [2.05, 4.69) is 73.8 Å². The van der Waals surface area contributed by atoms with Gasteiger partial charge in [0.2, 0.25) is 0 Å². The molecule has 104 valence electrons. The molecule has 2 heteroatoms. The highest BCUT2D eigenvalue weighted by atomic mass is 32.1. The largest absolute Gasteiger partial charge is 0.143 e. The van der Waals surface area contributed by atoms with Crippen molar-refractivity contribution < 1.29 is 0 Å². The van der Waals surface area contributed by atoms with Crippen LogP contribution in [0.15, 0.2) is 58.3 Å². The number of rotatable bonds is 2. The van der Waals surface area contributed by atoms with Crippen molar-refractivity contribution in [3.8, 4) is 0 Å². The molecule has 0 N–H and O–H groups in total. The normalized spacial score (nSPS) is 17.9. The highest BCUT2D eigenvalue weighted by Gasteiger charge is 2.35. The Hall–Kier alpha value is -0.860. The second kappa shape index (κ2) is 5.87. The van der Waals surface area contributed by atoms with Gasteiger partial charge in [0.05, 0.1) is 0 Å². The molecule has 2 aromatic rings. The lowest BCUT2D eigenvalue weighted by Gasteiger charge is -2.38. The first-order valence-corrected chi connectivity index (χ1v) is 8.19. The van der Waals surface area contributed by atoms with E-state index < -0.39 is 0 Å². The van der Waals surface area contributed by atoms with Crippen LogP contribution in [-0.4, -0.2) is 0 Å². The van der Waals surface area contributed by atoms with Crippen LogP contribution in [0.2, 0.25) is 0 Å². The summed E-state index contributed by atoms with van der Waals surface area (Å²) in [7, 11) is 0. The molecule has 0 atom stereocenters. The summed E-state index contributed by atoms with van der Waals surface area (Å²) in [4.78, 5) is 2.07. The molecule has 1 saturated carbocycles. The molecule has 0 saturated heterocycles. The summed E-state index contributed by atoms with van der Waals surface area (Å²) in [5.41, 5.74) is 3.05. The molecule has 0 spiro atoms. The van der Waals surface area contributed by atoms with Crippen LogP contribution in [0, 0.1) is 0 Å². The Morgan fingerprint density at radius 2 is 1.00 bits per heavy atom. The number of hydrogen-bond acceptors (Lipinski definition) is 2. The predicted octanol–water partition coefficient (Wildman–Crippen LogP) is 5.51. The third kappa shape index (κ3) is 2.64. The van der Waals surface area contributed by atoms with Crippen LogP contribution < -0.4 is 0 Å². The summed E-state index contributed by atoms with van der Waals surface area (Å²) < 4.78 is 0. The molecular formula is C18H20S2. The SMILES string of the molecule is Sc1ccc(C2(c3ccc(S)cc3)CCCCC2)cc1. The fraction of sp³-hybridized carbons (Fsp3) is 0.333. The van der Waals surface area contributed by atoms with E-state index in [9.17, 15) is 0 Å². The lowest BCUT2D eigenvalue weighted by molar-refractivity contribution is 0.346. The van der Waals surface area contributed by atoms with Crippen LogP contribution in [0.25, 0.3) is 0 Å². The topological polar surface area (TPSA) is 0 Å². The van der Waals surface area contributed by atoms with E-state index in [0.717, 1.165) is 9.79 Å². The zero-order chi connectivity index (χ0) is 14.0. The zero-order valence-corrected chi connectivity index (χ0v) is 13.3. The van der Waals surface area contributed by atoms with Gasteiger partial charge in [0.15, 0.2) is 0 Å². The molecule has 1 aliphatic rings. The Labute approximate surface area is 132 Å². The van der Waals surface area contributed by atoms with Crippen LogP contribution in [0.1, 0.15) is 43.2 Å². The van der Waals surface area contributed by atoms with E-state index in [-0.39, 0.29) is 5.41 Å². The van der Waals surface area contributed by atoms with Crippen molar-refractivity contribution >= 4 is 25.3 Å². The molecule has 0 amide bonds. The van der Waals surface area contributed by atoms with E-state index in [1.807, 2.05) is 0 Å². The average Bonchev–Trinajstić information content (AvgIpc) is 2.49. The molecule has 0 nitrogen and oxygen atoms in total. The molecule has 0 aromatic heterocycles. The van der Waals surface area contributed by atoms with Crippen molar-refractivity contribution in [2.24, 2.45) is 0 Å². The Balaban J connectivity index is 2.08. The molecule has 0 unspecified atom stereocenters. The van der Waals surface area contributed by atoms with Crippen LogP contribution in [0.4, 0.5) is 0 Å². The first-order chi connectivity index (χ1) is 9.71. The lowest BCUT2D eigenvalue weighted by atomic mass is 9.65. The van der Waals surface area contributed by atoms with Crippen molar-refractivity contribution in [3.05, 3.63) is 59.7 Å². The van der Waals surface area contributed by atoms with Gasteiger partial charge >= 0.3 is 0 Å². The molecule has 0 radical (unpaired) electrons. The van der Waals surface area contributed by atoms with Gasteiger partial charge in [-0.05, 0) is 48.2 Å². The second-order valence-corrected chi connectivity index (χ2v) is 6.77. The second-order valence-electron chi connectivity index (χ2n) is 5.74.